The van der Waals surface area contributed by atoms with Crippen molar-refractivity contribution in [3.05, 3.63) is 24.2 Å². The van der Waals surface area contributed by atoms with Gasteiger partial charge in [-0.2, -0.15) is 0 Å². The van der Waals surface area contributed by atoms with Crippen LogP contribution in [0.3, 0.4) is 0 Å². The Morgan fingerprint density at radius 3 is 1.93 bits per heavy atom. The first kappa shape index (κ1) is 25.3. The topological polar surface area (TPSA) is 59.8 Å². The second kappa shape index (κ2) is 16.1. The Balaban J connectivity index is 1.98. The summed E-state index contributed by atoms with van der Waals surface area (Å²) in [7, 11) is 1.67. The van der Waals surface area contributed by atoms with Crippen LogP contribution in [0.25, 0.3) is 0 Å². The van der Waals surface area contributed by atoms with E-state index in [1.54, 1.807) is 26.1 Å². The molecule has 0 aliphatic heterocycles. The molecule has 0 fully saturated rings. The zero-order valence-corrected chi connectivity index (χ0v) is 18.8. The van der Waals surface area contributed by atoms with E-state index in [1.165, 1.54) is 81.8 Å². The highest BCUT2D eigenvalue weighted by Crippen LogP contribution is 2.14. The summed E-state index contributed by atoms with van der Waals surface area (Å²) in [5.74, 6) is -0.398. The standard InChI is InChI=1S/C24H41NO4/c1-4-5-6-7-8-9-10-11-12-13-14-15-16-19-23(26)25(3)21(2)29-24(27)22-18-17-20-28-22/h17-18,20-21H,4-16,19H2,1-3H3. The van der Waals surface area contributed by atoms with Crippen molar-refractivity contribution in [3.8, 4) is 0 Å². The fourth-order valence-electron chi connectivity index (χ4n) is 3.36. The predicted octanol–water partition coefficient (Wildman–Crippen LogP) is 6.72. The van der Waals surface area contributed by atoms with Crippen LogP contribution in [0.1, 0.15) is 114 Å². The molecule has 0 spiro atoms. The minimum absolute atomic E-state index is 0.00724. The summed E-state index contributed by atoms with van der Waals surface area (Å²) in [5.41, 5.74) is 0. The summed E-state index contributed by atoms with van der Waals surface area (Å²) in [6, 6.07) is 3.18. The van der Waals surface area contributed by atoms with Crippen molar-refractivity contribution in [1.82, 2.24) is 4.90 Å². The molecule has 5 heteroatoms. The fraction of sp³-hybridized carbons (Fsp3) is 0.750. The summed E-state index contributed by atoms with van der Waals surface area (Å²) >= 11 is 0. The number of carbonyl (C=O) groups is 2. The number of furan rings is 1. The van der Waals surface area contributed by atoms with Gasteiger partial charge in [0.1, 0.15) is 0 Å². The Labute approximate surface area is 177 Å². The van der Waals surface area contributed by atoms with Crippen molar-refractivity contribution in [2.75, 3.05) is 7.05 Å². The summed E-state index contributed by atoms with van der Waals surface area (Å²) in [4.78, 5) is 25.6. The molecule has 166 valence electrons. The van der Waals surface area contributed by atoms with Crippen LogP contribution in [0.4, 0.5) is 0 Å². The Hall–Kier alpha value is -1.78. The van der Waals surface area contributed by atoms with Crippen molar-refractivity contribution >= 4 is 11.9 Å². The minimum Gasteiger partial charge on any atom is -0.457 e. The molecule has 0 bridgehead atoms. The van der Waals surface area contributed by atoms with Gasteiger partial charge in [-0.25, -0.2) is 4.79 Å². The van der Waals surface area contributed by atoms with Crippen LogP contribution in [-0.4, -0.2) is 30.1 Å². The number of esters is 1. The second-order valence-corrected chi connectivity index (χ2v) is 7.98. The Morgan fingerprint density at radius 2 is 1.45 bits per heavy atom. The summed E-state index contributed by atoms with van der Waals surface area (Å²) < 4.78 is 10.3. The van der Waals surface area contributed by atoms with Crippen molar-refractivity contribution in [1.29, 1.82) is 0 Å². The predicted molar refractivity (Wildman–Crippen MR) is 117 cm³/mol. The van der Waals surface area contributed by atoms with E-state index in [-0.39, 0.29) is 11.7 Å². The van der Waals surface area contributed by atoms with Gasteiger partial charge in [0, 0.05) is 13.5 Å². The molecule has 5 nitrogen and oxygen atoms in total. The highest BCUT2D eigenvalue weighted by atomic mass is 16.6. The van der Waals surface area contributed by atoms with Crippen LogP contribution in [0.5, 0.6) is 0 Å². The van der Waals surface area contributed by atoms with E-state index in [2.05, 4.69) is 6.92 Å². The number of carbonyl (C=O) groups excluding carboxylic acids is 2. The lowest BCUT2D eigenvalue weighted by Gasteiger charge is -2.24. The Bertz CT molecular complexity index is 541. The number of amides is 1. The molecule has 0 N–H and O–H groups in total. The van der Waals surface area contributed by atoms with Crippen LogP contribution < -0.4 is 0 Å². The maximum Gasteiger partial charge on any atom is 0.376 e. The zero-order chi connectivity index (χ0) is 21.3. The monoisotopic (exact) mass is 407 g/mol. The molecule has 1 heterocycles. The third-order valence-electron chi connectivity index (χ3n) is 5.43. The molecule has 0 saturated heterocycles. The van der Waals surface area contributed by atoms with E-state index in [4.69, 9.17) is 9.15 Å². The van der Waals surface area contributed by atoms with E-state index in [0.29, 0.717) is 6.42 Å². The summed E-state index contributed by atoms with van der Waals surface area (Å²) in [6.45, 7) is 3.96. The zero-order valence-electron chi connectivity index (χ0n) is 18.8. The van der Waals surface area contributed by atoms with Gasteiger partial charge in [0.25, 0.3) is 0 Å². The molecular weight excluding hydrogens is 366 g/mol. The van der Waals surface area contributed by atoms with E-state index >= 15 is 0 Å². The van der Waals surface area contributed by atoms with E-state index in [1.807, 2.05) is 0 Å². The van der Waals surface area contributed by atoms with Gasteiger partial charge in [-0.05, 0) is 25.5 Å². The van der Waals surface area contributed by atoms with Crippen LogP contribution in [-0.2, 0) is 9.53 Å². The van der Waals surface area contributed by atoms with Gasteiger partial charge in [-0.3, -0.25) is 4.79 Å². The maximum atomic E-state index is 12.3. The van der Waals surface area contributed by atoms with Crippen molar-refractivity contribution in [3.63, 3.8) is 0 Å². The third kappa shape index (κ3) is 11.7. The number of hydrogen-bond donors (Lipinski definition) is 0. The van der Waals surface area contributed by atoms with Gasteiger partial charge in [-0.1, -0.05) is 84.0 Å². The summed E-state index contributed by atoms with van der Waals surface area (Å²) in [5, 5.41) is 0. The molecule has 1 unspecified atom stereocenters. The molecule has 29 heavy (non-hydrogen) atoms. The lowest BCUT2D eigenvalue weighted by atomic mass is 10.0. The van der Waals surface area contributed by atoms with Crippen LogP contribution in [0.15, 0.2) is 22.8 Å². The molecule has 0 saturated carbocycles. The van der Waals surface area contributed by atoms with Crippen LogP contribution >= 0.6 is 0 Å². The SMILES string of the molecule is CCCCCCCCCCCCCCCC(=O)N(C)C(C)OC(=O)c1ccco1. The molecule has 1 rings (SSSR count). The number of hydrogen-bond acceptors (Lipinski definition) is 4. The number of rotatable bonds is 17. The Morgan fingerprint density at radius 1 is 0.931 bits per heavy atom. The number of unbranched alkanes of at least 4 members (excludes halogenated alkanes) is 12. The third-order valence-corrected chi connectivity index (χ3v) is 5.43. The van der Waals surface area contributed by atoms with Gasteiger partial charge in [0.05, 0.1) is 6.26 Å². The van der Waals surface area contributed by atoms with Gasteiger partial charge in [-0.15, -0.1) is 0 Å². The summed E-state index contributed by atoms with van der Waals surface area (Å²) in [6.07, 6.45) is 18.0. The molecule has 1 amide bonds. The lowest BCUT2D eigenvalue weighted by Crippen LogP contribution is -2.38. The van der Waals surface area contributed by atoms with Gasteiger partial charge >= 0.3 is 5.97 Å². The van der Waals surface area contributed by atoms with E-state index < -0.39 is 12.2 Å². The Kier molecular flexibility index (Phi) is 14.0. The molecule has 0 radical (unpaired) electrons. The smallest absolute Gasteiger partial charge is 0.376 e. The molecule has 0 aliphatic carbocycles. The number of nitrogens with zero attached hydrogens (tertiary/aromatic N) is 1. The minimum atomic E-state index is -0.609. The van der Waals surface area contributed by atoms with Crippen molar-refractivity contribution < 1.29 is 18.7 Å². The lowest BCUT2D eigenvalue weighted by molar-refractivity contribution is -0.138. The second-order valence-electron chi connectivity index (χ2n) is 7.98. The van der Waals surface area contributed by atoms with Gasteiger partial charge < -0.3 is 14.1 Å². The van der Waals surface area contributed by atoms with E-state index in [0.717, 1.165) is 12.8 Å². The first-order chi connectivity index (χ1) is 14.1. The molecule has 0 aliphatic rings. The molecule has 1 atom stereocenters. The molecule has 1 aromatic heterocycles. The quantitative estimate of drug-likeness (QED) is 0.163. The van der Waals surface area contributed by atoms with E-state index in [9.17, 15) is 9.59 Å². The molecule has 1 aromatic rings. The van der Waals surface area contributed by atoms with Gasteiger partial charge in [0.2, 0.25) is 11.7 Å². The average Bonchev–Trinajstić information content (AvgIpc) is 3.25. The maximum absolute atomic E-state index is 12.3. The van der Waals surface area contributed by atoms with Crippen molar-refractivity contribution in [2.24, 2.45) is 0 Å². The van der Waals surface area contributed by atoms with Gasteiger partial charge in [0.15, 0.2) is 6.23 Å². The normalized spacial score (nSPS) is 12.0. The van der Waals surface area contributed by atoms with Crippen LogP contribution in [0.2, 0.25) is 0 Å². The average molecular weight is 408 g/mol. The largest absolute Gasteiger partial charge is 0.457 e. The van der Waals surface area contributed by atoms with Crippen LogP contribution in [0, 0.1) is 0 Å². The first-order valence-electron chi connectivity index (χ1n) is 11.6. The molecular formula is C24H41NO4. The first-order valence-corrected chi connectivity index (χ1v) is 11.6. The highest BCUT2D eigenvalue weighted by Gasteiger charge is 2.20. The highest BCUT2D eigenvalue weighted by molar-refractivity contribution is 5.86. The number of ether oxygens (including phenoxy) is 1. The fourth-order valence-corrected chi connectivity index (χ4v) is 3.36. The van der Waals surface area contributed by atoms with Crippen molar-refractivity contribution in [2.45, 2.75) is 110 Å². The molecule has 0 aromatic carbocycles.